The van der Waals surface area contributed by atoms with Gasteiger partial charge in [-0.3, -0.25) is 4.79 Å². The standard InChI is InChI=1S/C15H21NO3S/c1-11(2)15(17)12-6-5-9-14(10-12)20(18,19)16-13-7-3-4-8-13/h5-6,9-11,13,16H,3-4,7-8H2,1-2H3. The Bertz CT molecular complexity index is 587. The van der Waals surface area contributed by atoms with Gasteiger partial charge in [-0.1, -0.05) is 38.8 Å². The van der Waals surface area contributed by atoms with E-state index in [0.29, 0.717) is 5.56 Å². The summed E-state index contributed by atoms with van der Waals surface area (Å²) in [5, 5.41) is 0. The van der Waals surface area contributed by atoms with Gasteiger partial charge in [0.2, 0.25) is 10.0 Å². The first kappa shape index (κ1) is 15.2. The molecule has 4 nitrogen and oxygen atoms in total. The molecule has 1 aliphatic carbocycles. The Kier molecular flexibility index (Phi) is 4.60. The van der Waals surface area contributed by atoms with Crippen LogP contribution in [-0.2, 0) is 10.0 Å². The lowest BCUT2D eigenvalue weighted by molar-refractivity contribution is 0.0939. The molecule has 0 bridgehead atoms. The molecule has 2 rings (SSSR count). The highest BCUT2D eigenvalue weighted by Crippen LogP contribution is 2.21. The minimum atomic E-state index is -3.53. The predicted molar refractivity (Wildman–Crippen MR) is 78.2 cm³/mol. The fourth-order valence-electron chi connectivity index (χ4n) is 2.48. The van der Waals surface area contributed by atoms with E-state index in [2.05, 4.69) is 4.72 Å². The number of ketones is 1. The van der Waals surface area contributed by atoms with E-state index in [4.69, 9.17) is 0 Å². The topological polar surface area (TPSA) is 63.2 Å². The summed E-state index contributed by atoms with van der Waals surface area (Å²) >= 11 is 0. The molecule has 0 aromatic heterocycles. The highest BCUT2D eigenvalue weighted by Gasteiger charge is 2.23. The van der Waals surface area contributed by atoms with Crippen molar-refractivity contribution in [2.24, 2.45) is 5.92 Å². The lowest BCUT2D eigenvalue weighted by Crippen LogP contribution is -2.32. The van der Waals surface area contributed by atoms with Crippen molar-refractivity contribution in [1.82, 2.24) is 4.72 Å². The van der Waals surface area contributed by atoms with Crippen molar-refractivity contribution in [1.29, 1.82) is 0 Å². The second-order valence-corrected chi connectivity index (χ2v) is 7.36. The maximum absolute atomic E-state index is 12.3. The van der Waals surface area contributed by atoms with E-state index >= 15 is 0 Å². The van der Waals surface area contributed by atoms with Crippen molar-refractivity contribution >= 4 is 15.8 Å². The Labute approximate surface area is 120 Å². The molecule has 0 saturated heterocycles. The molecule has 1 aromatic rings. The van der Waals surface area contributed by atoms with Gasteiger partial charge in [-0.15, -0.1) is 0 Å². The molecule has 0 amide bonds. The van der Waals surface area contributed by atoms with E-state index in [1.807, 2.05) is 0 Å². The summed E-state index contributed by atoms with van der Waals surface area (Å²) < 4.78 is 27.3. The zero-order valence-electron chi connectivity index (χ0n) is 11.9. The van der Waals surface area contributed by atoms with Crippen LogP contribution in [0.2, 0.25) is 0 Å². The quantitative estimate of drug-likeness (QED) is 0.850. The molecule has 0 radical (unpaired) electrons. The van der Waals surface area contributed by atoms with Gasteiger partial charge in [-0.25, -0.2) is 13.1 Å². The maximum Gasteiger partial charge on any atom is 0.240 e. The maximum atomic E-state index is 12.3. The summed E-state index contributed by atoms with van der Waals surface area (Å²) in [5.41, 5.74) is 0.453. The second-order valence-electron chi connectivity index (χ2n) is 5.65. The van der Waals surface area contributed by atoms with Gasteiger partial charge in [0.05, 0.1) is 4.90 Å². The third-order valence-electron chi connectivity index (χ3n) is 3.63. The Morgan fingerprint density at radius 1 is 1.25 bits per heavy atom. The van der Waals surface area contributed by atoms with E-state index in [-0.39, 0.29) is 22.6 Å². The summed E-state index contributed by atoms with van der Waals surface area (Å²) in [6.07, 6.45) is 3.92. The van der Waals surface area contributed by atoms with Gasteiger partial charge in [0, 0.05) is 17.5 Å². The van der Waals surface area contributed by atoms with Crippen LogP contribution in [0.3, 0.4) is 0 Å². The molecule has 110 valence electrons. The van der Waals surface area contributed by atoms with Gasteiger partial charge in [0.1, 0.15) is 0 Å². The fourth-order valence-corrected chi connectivity index (χ4v) is 3.83. The molecular formula is C15H21NO3S. The monoisotopic (exact) mass is 295 g/mol. The van der Waals surface area contributed by atoms with Gasteiger partial charge in [0.25, 0.3) is 0 Å². The molecular weight excluding hydrogens is 274 g/mol. The van der Waals surface area contributed by atoms with Crippen molar-refractivity contribution < 1.29 is 13.2 Å². The molecule has 5 heteroatoms. The third-order valence-corrected chi connectivity index (χ3v) is 5.15. The number of sulfonamides is 1. The molecule has 1 N–H and O–H groups in total. The Morgan fingerprint density at radius 3 is 2.50 bits per heavy atom. The number of nitrogens with one attached hydrogen (secondary N) is 1. The lowest BCUT2D eigenvalue weighted by Gasteiger charge is -2.13. The Hall–Kier alpha value is -1.20. The van der Waals surface area contributed by atoms with Gasteiger partial charge < -0.3 is 0 Å². The number of benzene rings is 1. The summed E-state index contributed by atoms with van der Waals surface area (Å²) in [5.74, 6) is -0.182. The minimum Gasteiger partial charge on any atom is -0.294 e. The lowest BCUT2D eigenvalue weighted by atomic mass is 10.0. The van der Waals surface area contributed by atoms with Crippen LogP contribution in [0.25, 0.3) is 0 Å². The molecule has 0 unspecified atom stereocenters. The second kappa shape index (κ2) is 6.06. The van der Waals surface area contributed by atoms with Crippen LogP contribution in [0.5, 0.6) is 0 Å². The van der Waals surface area contributed by atoms with E-state index in [1.165, 1.54) is 12.1 Å². The highest BCUT2D eigenvalue weighted by molar-refractivity contribution is 7.89. The van der Waals surface area contributed by atoms with Crippen molar-refractivity contribution in [3.63, 3.8) is 0 Å². The van der Waals surface area contributed by atoms with Gasteiger partial charge in [-0.05, 0) is 25.0 Å². The van der Waals surface area contributed by atoms with Crippen LogP contribution >= 0.6 is 0 Å². The van der Waals surface area contributed by atoms with Crippen molar-refractivity contribution in [3.05, 3.63) is 29.8 Å². The normalized spacial score (nSPS) is 16.8. The van der Waals surface area contributed by atoms with Crippen LogP contribution in [0.4, 0.5) is 0 Å². The molecule has 0 heterocycles. The van der Waals surface area contributed by atoms with Crippen LogP contribution in [0.15, 0.2) is 29.2 Å². The smallest absolute Gasteiger partial charge is 0.240 e. The van der Waals surface area contributed by atoms with E-state index in [9.17, 15) is 13.2 Å². The van der Waals surface area contributed by atoms with E-state index < -0.39 is 10.0 Å². The Morgan fingerprint density at radius 2 is 1.90 bits per heavy atom. The minimum absolute atomic E-state index is 0.0319. The summed E-state index contributed by atoms with van der Waals surface area (Å²) in [6.45, 7) is 3.61. The van der Waals surface area contributed by atoms with Crippen LogP contribution in [0.1, 0.15) is 49.9 Å². The van der Waals surface area contributed by atoms with Crippen LogP contribution < -0.4 is 4.72 Å². The number of hydrogen-bond acceptors (Lipinski definition) is 3. The zero-order chi connectivity index (χ0) is 14.8. The Balaban J connectivity index is 2.23. The molecule has 0 spiro atoms. The third kappa shape index (κ3) is 3.46. The zero-order valence-corrected chi connectivity index (χ0v) is 12.7. The predicted octanol–water partition coefficient (Wildman–Crippen LogP) is 2.75. The van der Waals surface area contributed by atoms with Gasteiger partial charge >= 0.3 is 0 Å². The van der Waals surface area contributed by atoms with Crippen molar-refractivity contribution in [2.45, 2.75) is 50.5 Å². The molecule has 0 aliphatic heterocycles. The highest BCUT2D eigenvalue weighted by atomic mass is 32.2. The van der Waals surface area contributed by atoms with E-state index in [1.54, 1.807) is 26.0 Å². The average Bonchev–Trinajstić information content (AvgIpc) is 2.90. The number of carbonyl (C=O) groups is 1. The van der Waals surface area contributed by atoms with Crippen LogP contribution in [-0.4, -0.2) is 20.2 Å². The molecule has 0 atom stereocenters. The summed E-state index contributed by atoms with van der Waals surface area (Å²) in [7, 11) is -3.53. The van der Waals surface area contributed by atoms with E-state index in [0.717, 1.165) is 25.7 Å². The van der Waals surface area contributed by atoms with Crippen molar-refractivity contribution in [2.75, 3.05) is 0 Å². The number of Topliss-reactive ketones (excluding diaryl/α,β-unsaturated/α-hetero) is 1. The first-order valence-corrected chi connectivity index (χ1v) is 8.55. The number of rotatable bonds is 5. The molecule has 1 aliphatic rings. The molecule has 1 fully saturated rings. The SMILES string of the molecule is CC(C)C(=O)c1cccc(S(=O)(=O)NC2CCCC2)c1. The molecule has 20 heavy (non-hydrogen) atoms. The number of carbonyl (C=O) groups excluding carboxylic acids is 1. The fraction of sp³-hybridized carbons (Fsp3) is 0.533. The first-order chi connectivity index (χ1) is 9.40. The number of hydrogen-bond donors (Lipinski definition) is 1. The van der Waals surface area contributed by atoms with Gasteiger partial charge in [-0.2, -0.15) is 0 Å². The van der Waals surface area contributed by atoms with Gasteiger partial charge in [0.15, 0.2) is 5.78 Å². The summed E-state index contributed by atoms with van der Waals surface area (Å²) in [6, 6.07) is 6.33. The summed E-state index contributed by atoms with van der Waals surface area (Å²) in [4.78, 5) is 12.1. The van der Waals surface area contributed by atoms with Crippen molar-refractivity contribution in [3.8, 4) is 0 Å². The first-order valence-electron chi connectivity index (χ1n) is 7.07. The molecule has 1 saturated carbocycles. The molecule has 1 aromatic carbocycles. The van der Waals surface area contributed by atoms with Crippen LogP contribution in [0, 0.1) is 5.92 Å². The largest absolute Gasteiger partial charge is 0.294 e. The average molecular weight is 295 g/mol.